The molecule has 276 valence electrons. The van der Waals surface area contributed by atoms with E-state index < -0.39 is 0 Å². The second-order valence-corrected chi connectivity index (χ2v) is 16.2. The molecule has 4 heteroatoms. The maximum Gasteiger partial charge on any atom is 0.124 e. The maximum atomic E-state index is 5.16. The molecule has 2 heterocycles. The molecule has 0 N–H and O–H groups in total. The van der Waals surface area contributed by atoms with E-state index in [1.807, 2.05) is 0 Å². The van der Waals surface area contributed by atoms with Crippen LogP contribution >= 0.6 is 11.3 Å². The lowest BCUT2D eigenvalue weighted by atomic mass is 9.98. The van der Waals surface area contributed by atoms with Gasteiger partial charge in [0, 0.05) is 44.2 Å². The van der Waals surface area contributed by atoms with Crippen LogP contribution in [0.3, 0.4) is 0 Å². The average Bonchev–Trinajstić information content (AvgIpc) is 3.90. The first kappa shape index (κ1) is 33.6. The zero-order valence-electron chi connectivity index (χ0n) is 32.0. The summed E-state index contributed by atoms with van der Waals surface area (Å²) in [6, 6.07) is 77.0. The SMILES string of the molecule is c1ccc(-c2nc3ccc4c5ccccc5c(N(c5ccc(-c6ccc7ccccc7c6)cc5)c5ccc6c7ccccc7n(-c7ccccc7)c6c5)cc4c3s2)cc1. The van der Waals surface area contributed by atoms with Gasteiger partial charge in [0.2, 0.25) is 0 Å². The molecule has 0 aliphatic rings. The number of fused-ring (bicyclic) bond motifs is 9. The minimum Gasteiger partial charge on any atom is -0.310 e. The molecule has 12 aromatic rings. The Balaban J connectivity index is 1.12. The number of nitrogens with zero attached hydrogens (tertiary/aromatic N) is 3. The summed E-state index contributed by atoms with van der Waals surface area (Å²) >= 11 is 1.77. The second kappa shape index (κ2) is 13.6. The largest absolute Gasteiger partial charge is 0.310 e. The predicted molar refractivity (Wildman–Crippen MR) is 252 cm³/mol. The standard InChI is InChI=1S/C55H35N3S/c1-3-14-38(15-4-1)55-56-50-32-31-45-44-19-9-10-20-46(44)53(35-49(45)54(50)59-55)57(42-27-25-37(26-28-42)40-24-23-36-13-7-8-16-39(36)33-40)43-29-30-48-47-21-11-12-22-51(47)58(52(48)34-43)41-17-5-2-6-18-41/h1-35H. The van der Waals surface area contributed by atoms with Crippen molar-refractivity contribution in [3.63, 3.8) is 0 Å². The van der Waals surface area contributed by atoms with Crippen LogP contribution in [-0.2, 0) is 0 Å². The van der Waals surface area contributed by atoms with Gasteiger partial charge in [-0.2, -0.15) is 0 Å². The van der Waals surface area contributed by atoms with Gasteiger partial charge in [-0.05, 0) is 93.3 Å². The Labute approximate surface area is 345 Å². The lowest BCUT2D eigenvalue weighted by molar-refractivity contribution is 1.18. The highest BCUT2D eigenvalue weighted by molar-refractivity contribution is 7.22. The Hall–Kier alpha value is -7.53. The second-order valence-electron chi connectivity index (χ2n) is 15.2. The van der Waals surface area contributed by atoms with Crippen LogP contribution < -0.4 is 4.90 Å². The number of rotatable bonds is 6. The van der Waals surface area contributed by atoms with Gasteiger partial charge in [0.25, 0.3) is 0 Å². The third-order valence-electron chi connectivity index (χ3n) is 11.8. The van der Waals surface area contributed by atoms with Gasteiger partial charge in [-0.3, -0.25) is 0 Å². The molecule has 0 atom stereocenters. The summed E-state index contributed by atoms with van der Waals surface area (Å²) in [4.78, 5) is 7.61. The zero-order chi connectivity index (χ0) is 38.9. The summed E-state index contributed by atoms with van der Waals surface area (Å²) in [5.41, 5.74) is 11.3. The molecule has 10 aromatic carbocycles. The molecule has 0 amide bonds. The first-order valence-corrected chi connectivity index (χ1v) is 20.9. The molecule has 0 aliphatic carbocycles. The quantitative estimate of drug-likeness (QED) is 0.157. The third-order valence-corrected chi connectivity index (χ3v) is 12.9. The fourth-order valence-electron chi connectivity index (χ4n) is 8.99. The van der Waals surface area contributed by atoms with Gasteiger partial charge < -0.3 is 9.47 Å². The number of anilines is 3. The smallest absolute Gasteiger partial charge is 0.124 e. The average molecular weight is 770 g/mol. The van der Waals surface area contributed by atoms with E-state index in [2.05, 4.69) is 222 Å². The molecule has 0 unspecified atom stereocenters. The van der Waals surface area contributed by atoms with Crippen LogP contribution in [0.25, 0.3) is 91.7 Å². The number of para-hydroxylation sites is 2. The van der Waals surface area contributed by atoms with Crippen molar-refractivity contribution < 1.29 is 0 Å². The molecule has 0 fully saturated rings. The predicted octanol–water partition coefficient (Wildman–Crippen LogP) is 15.7. The van der Waals surface area contributed by atoms with Crippen LogP contribution in [0.1, 0.15) is 0 Å². The molecular weight excluding hydrogens is 735 g/mol. The van der Waals surface area contributed by atoms with Crippen LogP contribution in [0.15, 0.2) is 212 Å². The van der Waals surface area contributed by atoms with Crippen molar-refractivity contribution in [2.24, 2.45) is 0 Å². The van der Waals surface area contributed by atoms with E-state index in [4.69, 9.17) is 4.98 Å². The number of hydrogen-bond donors (Lipinski definition) is 0. The van der Waals surface area contributed by atoms with Crippen molar-refractivity contribution in [2.75, 3.05) is 4.90 Å². The molecule has 2 aromatic heterocycles. The molecule has 3 nitrogen and oxygen atoms in total. The molecule has 0 aliphatic heterocycles. The summed E-state index contributed by atoms with van der Waals surface area (Å²) in [6.07, 6.45) is 0. The third kappa shape index (κ3) is 5.53. The van der Waals surface area contributed by atoms with E-state index >= 15 is 0 Å². The number of thiazole rings is 1. The lowest BCUT2D eigenvalue weighted by Gasteiger charge is -2.28. The molecule has 0 radical (unpaired) electrons. The van der Waals surface area contributed by atoms with E-state index in [0.29, 0.717) is 0 Å². The van der Waals surface area contributed by atoms with E-state index in [-0.39, 0.29) is 0 Å². The number of hydrogen-bond acceptors (Lipinski definition) is 3. The Kier molecular flexibility index (Phi) is 7.72. The Bertz CT molecular complexity index is 3550. The van der Waals surface area contributed by atoms with Crippen LogP contribution in [0.2, 0.25) is 0 Å². The van der Waals surface area contributed by atoms with Crippen LogP contribution in [0, 0.1) is 0 Å². The zero-order valence-corrected chi connectivity index (χ0v) is 32.8. The van der Waals surface area contributed by atoms with Crippen molar-refractivity contribution >= 4 is 92.7 Å². The van der Waals surface area contributed by atoms with E-state index in [1.54, 1.807) is 11.3 Å². The number of benzene rings is 10. The molecule has 0 saturated carbocycles. The maximum absolute atomic E-state index is 5.16. The van der Waals surface area contributed by atoms with Crippen LogP contribution in [0.4, 0.5) is 17.1 Å². The first-order valence-electron chi connectivity index (χ1n) is 20.0. The fraction of sp³-hybridized carbons (Fsp3) is 0. The molecule has 0 saturated heterocycles. The molecule has 59 heavy (non-hydrogen) atoms. The van der Waals surface area contributed by atoms with Crippen LogP contribution in [-0.4, -0.2) is 9.55 Å². The molecular formula is C55H35N3S. The summed E-state index contributed by atoms with van der Waals surface area (Å²) in [5, 5.41) is 10.8. The first-order chi connectivity index (χ1) is 29.2. The minimum atomic E-state index is 1.02. The van der Waals surface area contributed by atoms with Crippen molar-refractivity contribution in [2.45, 2.75) is 0 Å². The Morgan fingerprint density at radius 2 is 1.02 bits per heavy atom. The molecule has 0 bridgehead atoms. The highest BCUT2D eigenvalue weighted by atomic mass is 32.1. The Morgan fingerprint density at radius 3 is 1.85 bits per heavy atom. The van der Waals surface area contributed by atoms with E-state index in [9.17, 15) is 0 Å². The van der Waals surface area contributed by atoms with Crippen LogP contribution in [0.5, 0.6) is 0 Å². The van der Waals surface area contributed by atoms with E-state index in [0.717, 1.165) is 44.4 Å². The van der Waals surface area contributed by atoms with Gasteiger partial charge in [0.15, 0.2) is 0 Å². The van der Waals surface area contributed by atoms with Gasteiger partial charge in [-0.15, -0.1) is 11.3 Å². The van der Waals surface area contributed by atoms with Crippen molar-refractivity contribution in [3.8, 4) is 27.4 Å². The molecule has 0 spiro atoms. The minimum absolute atomic E-state index is 1.02. The van der Waals surface area contributed by atoms with E-state index in [1.165, 1.54) is 64.4 Å². The summed E-state index contributed by atoms with van der Waals surface area (Å²) < 4.78 is 3.60. The van der Waals surface area contributed by atoms with Gasteiger partial charge in [-0.1, -0.05) is 152 Å². The van der Waals surface area contributed by atoms with Gasteiger partial charge >= 0.3 is 0 Å². The fourth-order valence-corrected chi connectivity index (χ4v) is 10.1. The Morgan fingerprint density at radius 1 is 0.390 bits per heavy atom. The topological polar surface area (TPSA) is 21.1 Å². The van der Waals surface area contributed by atoms with Crippen molar-refractivity contribution in [1.82, 2.24) is 9.55 Å². The van der Waals surface area contributed by atoms with Gasteiger partial charge in [0.05, 0.1) is 26.9 Å². The normalized spacial score (nSPS) is 11.7. The van der Waals surface area contributed by atoms with Gasteiger partial charge in [0.1, 0.15) is 5.01 Å². The molecule has 12 rings (SSSR count). The summed E-state index contributed by atoms with van der Waals surface area (Å²) in [6.45, 7) is 0. The van der Waals surface area contributed by atoms with Gasteiger partial charge in [-0.25, -0.2) is 4.98 Å². The highest BCUT2D eigenvalue weighted by Crippen LogP contribution is 2.46. The summed E-state index contributed by atoms with van der Waals surface area (Å²) in [5.74, 6) is 0. The number of aromatic nitrogens is 2. The summed E-state index contributed by atoms with van der Waals surface area (Å²) in [7, 11) is 0. The monoisotopic (exact) mass is 769 g/mol. The van der Waals surface area contributed by atoms with Crippen molar-refractivity contribution in [3.05, 3.63) is 212 Å². The van der Waals surface area contributed by atoms with Crippen molar-refractivity contribution in [1.29, 1.82) is 0 Å². The lowest BCUT2D eigenvalue weighted by Crippen LogP contribution is -2.11. The highest BCUT2D eigenvalue weighted by Gasteiger charge is 2.22.